The minimum absolute atomic E-state index is 0.490. The second-order valence-electron chi connectivity index (χ2n) is 3.33. The Kier molecular flexibility index (Phi) is 3.50. The van der Waals surface area contributed by atoms with Crippen LogP contribution in [0.5, 0.6) is 5.75 Å². The molecule has 2 heteroatoms. The number of rotatable bonds is 4. The third-order valence-corrected chi connectivity index (χ3v) is 1.54. The summed E-state index contributed by atoms with van der Waals surface area (Å²) in [7, 11) is 0. The SMILES string of the molecule is CC(C)COc1cccc([C]=O)c1. The van der Waals surface area contributed by atoms with Crippen LogP contribution in [0.15, 0.2) is 24.3 Å². The standard InChI is InChI=1S/C11H13O2/c1-9(2)8-13-11-5-3-4-10(6-11)7-12/h3-6,9H,8H2,1-2H3. The van der Waals surface area contributed by atoms with Gasteiger partial charge in [-0.15, -0.1) is 0 Å². The zero-order chi connectivity index (χ0) is 9.68. The van der Waals surface area contributed by atoms with E-state index in [1.54, 1.807) is 18.2 Å². The number of benzene rings is 1. The molecule has 0 unspecified atom stereocenters. The Labute approximate surface area is 78.5 Å². The zero-order valence-electron chi connectivity index (χ0n) is 7.91. The van der Waals surface area contributed by atoms with E-state index in [-0.39, 0.29) is 0 Å². The molecule has 1 radical (unpaired) electrons. The second kappa shape index (κ2) is 4.65. The normalized spacial score (nSPS) is 10.1. The minimum atomic E-state index is 0.490. The topological polar surface area (TPSA) is 26.3 Å². The molecule has 0 aliphatic rings. The molecule has 0 atom stereocenters. The lowest BCUT2D eigenvalue weighted by Crippen LogP contribution is -2.04. The molecule has 0 N–H and O–H groups in total. The van der Waals surface area contributed by atoms with Crippen molar-refractivity contribution in [2.24, 2.45) is 5.92 Å². The number of hydrogen-bond acceptors (Lipinski definition) is 2. The quantitative estimate of drug-likeness (QED) is 0.704. The van der Waals surface area contributed by atoms with E-state index in [0.717, 1.165) is 5.75 Å². The van der Waals surface area contributed by atoms with Crippen LogP contribution in [-0.2, 0) is 4.79 Å². The van der Waals surface area contributed by atoms with Crippen LogP contribution in [0, 0.1) is 5.92 Å². The molecular formula is C11H13O2. The first-order chi connectivity index (χ1) is 6.22. The van der Waals surface area contributed by atoms with Gasteiger partial charge in [0.1, 0.15) is 5.75 Å². The maximum absolute atomic E-state index is 10.3. The molecule has 69 valence electrons. The van der Waals surface area contributed by atoms with Gasteiger partial charge in [0.15, 0.2) is 0 Å². The summed E-state index contributed by atoms with van der Waals surface area (Å²) in [5.74, 6) is 1.22. The highest BCUT2D eigenvalue weighted by Gasteiger charge is 1.98. The highest BCUT2D eigenvalue weighted by molar-refractivity contribution is 5.75. The van der Waals surface area contributed by atoms with Gasteiger partial charge in [-0.05, 0) is 18.1 Å². The molecule has 13 heavy (non-hydrogen) atoms. The summed E-state index contributed by atoms with van der Waals surface area (Å²) >= 11 is 0. The lowest BCUT2D eigenvalue weighted by Gasteiger charge is -2.08. The predicted molar refractivity (Wildman–Crippen MR) is 51.6 cm³/mol. The third kappa shape index (κ3) is 3.28. The number of carbonyl (C=O) groups excluding carboxylic acids is 1. The van der Waals surface area contributed by atoms with E-state index in [0.29, 0.717) is 18.1 Å². The summed E-state index contributed by atoms with van der Waals surface area (Å²) in [6.07, 6.45) is 1.82. The Hall–Kier alpha value is -1.31. The monoisotopic (exact) mass is 177 g/mol. The van der Waals surface area contributed by atoms with Gasteiger partial charge < -0.3 is 4.74 Å². The van der Waals surface area contributed by atoms with Crippen LogP contribution in [0.3, 0.4) is 0 Å². The van der Waals surface area contributed by atoms with Crippen molar-refractivity contribution in [2.75, 3.05) is 6.61 Å². The Morgan fingerprint density at radius 2 is 2.23 bits per heavy atom. The van der Waals surface area contributed by atoms with Crippen molar-refractivity contribution < 1.29 is 9.53 Å². The summed E-state index contributed by atoms with van der Waals surface area (Å²) in [4.78, 5) is 10.3. The van der Waals surface area contributed by atoms with Crippen molar-refractivity contribution in [1.82, 2.24) is 0 Å². The van der Waals surface area contributed by atoms with Crippen LogP contribution >= 0.6 is 0 Å². The van der Waals surface area contributed by atoms with Gasteiger partial charge in [0, 0.05) is 5.56 Å². The van der Waals surface area contributed by atoms with Crippen molar-refractivity contribution in [3.63, 3.8) is 0 Å². The van der Waals surface area contributed by atoms with Gasteiger partial charge in [-0.2, -0.15) is 0 Å². The highest BCUT2D eigenvalue weighted by atomic mass is 16.5. The first-order valence-electron chi connectivity index (χ1n) is 4.33. The van der Waals surface area contributed by atoms with Gasteiger partial charge in [0.2, 0.25) is 6.29 Å². The zero-order valence-corrected chi connectivity index (χ0v) is 7.91. The molecule has 0 saturated carbocycles. The smallest absolute Gasteiger partial charge is 0.233 e. The van der Waals surface area contributed by atoms with Crippen LogP contribution in [0.2, 0.25) is 0 Å². The van der Waals surface area contributed by atoms with Gasteiger partial charge >= 0.3 is 0 Å². The predicted octanol–water partition coefficient (Wildman–Crippen LogP) is 2.18. The van der Waals surface area contributed by atoms with Crippen molar-refractivity contribution in [3.8, 4) is 5.75 Å². The van der Waals surface area contributed by atoms with Gasteiger partial charge in [-0.25, -0.2) is 0 Å². The van der Waals surface area contributed by atoms with Crippen LogP contribution in [-0.4, -0.2) is 12.9 Å². The van der Waals surface area contributed by atoms with Crippen molar-refractivity contribution in [2.45, 2.75) is 13.8 Å². The Bertz CT molecular complexity index is 279. The van der Waals surface area contributed by atoms with E-state index in [1.165, 1.54) is 0 Å². The molecule has 1 aromatic rings. The Morgan fingerprint density at radius 1 is 1.46 bits per heavy atom. The molecule has 0 aromatic heterocycles. The van der Waals surface area contributed by atoms with E-state index in [1.807, 2.05) is 12.4 Å². The fourth-order valence-corrected chi connectivity index (χ4v) is 0.912. The summed E-state index contributed by atoms with van der Waals surface area (Å²) in [6, 6.07) is 7.02. The number of hydrogen-bond donors (Lipinski definition) is 0. The molecule has 0 amide bonds. The molecule has 0 bridgehead atoms. The maximum atomic E-state index is 10.3. The molecule has 1 aromatic carbocycles. The molecular weight excluding hydrogens is 164 g/mol. The van der Waals surface area contributed by atoms with Crippen LogP contribution in [0.1, 0.15) is 19.4 Å². The Morgan fingerprint density at radius 3 is 2.85 bits per heavy atom. The lowest BCUT2D eigenvalue weighted by atomic mass is 10.2. The van der Waals surface area contributed by atoms with E-state index in [4.69, 9.17) is 4.74 Å². The average Bonchev–Trinajstić information content (AvgIpc) is 2.15. The van der Waals surface area contributed by atoms with Crippen molar-refractivity contribution in [1.29, 1.82) is 0 Å². The van der Waals surface area contributed by atoms with E-state index < -0.39 is 0 Å². The molecule has 0 heterocycles. The van der Waals surface area contributed by atoms with Gasteiger partial charge in [-0.1, -0.05) is 26.0 Å². The van der Waals surface area contributed by atoms with Crippen LogP contribution in [0.4, 0.5) is 0 Å². The minimum Gasteiger partial charge on any atom is -0.493 e. The van der Waals surface area contributed by atoms with Gasteiger partial charge in [-0.3, -0.25) is 4.79 Å². The lowest BCUT2D eigenvalue weighted by molar-refractivity contribution is 0.271. The summed E-state index contributed by atoms with van der Waals surface area (Å²) in [5, 5.41) is 0. The van der Waals surface area contributed by atoms with Crippen molar-refractivity contribution in [3.05, 3.63) is 29.8 Å². The summed E-state index contributed by atoms with van der Waals surface area (Å²) < 4.78 is 5.43. The first-order valence-corrected chi connectivity index (χ1v) is 4.33. The number of ether oxygens (including phenoxy) is 1. The molecule has 0 aliphatic carbocycles. The summed E-state index contributed by atoms with van der Waals surface area (Å²) in [6.45, 7) is 4.83. The fourth-order valence-electron chi connectivity index (χ4n) is 0.912. The summed E-state index contributed by atoms with van der Waals surface area (Å²) in [5.41, 5.74) is 0.529. The van der Waals surface area contributed by atoms with Crippen LogP contribution < -0.4 is 4.74 Å². The largest absolute Gasteiger partial charge is 0.493 e. The van der Waals surface area contributed by atoms with Crippen LogP contribution in [0.25, 0.3) is 0 Å². The highest BCUT2D eigenvalue weighted by Crippen LogP contribution is 2.12. The molecule has 0 spiro atoms. The molecule has 0 fully saturated rings. The van der Waals surface area contributed by atoms with E-state index in [9.17, 15) is 4.79 Å². The van der Waals surface area contributed by atoms with E-state index >= 15 is 0 Å². The van der Waals surface area contributed by atoms with Gasteiger partial charge in [0.05, 0.1) is 6.61 Å². The van der Waals surface area contributed by atoms with E-state index in [2.05, 4.69) is 13.8 Å². The van der Waals surface area contributed by atoms with Gasteiger partial charge in [0.25, 0.3) is 0 Å². The Balaban J connectivity index is 2.61. The molecule has 0 saturated heterocycles. The molecule has 1 rings (SSSR count). The second-order valence-corrected chi connectivity index (χ2v) is 3.33. The molecule has 0 aliphatic heterocycles. The third-order valence-electron chi connectivity index (χ3n) is 1.54. The first kappa shape index (κ1) is 9.78. The average molecular weight is 177 g/mol. The fraction of sp³-hybridized carbons (Fsp3) is 0.364. The maximum Gasteiger partial charge on any atom is 0.233 e. The van der Waals surface area contributed by atoms with Crippen molar-refractivity contribution >= 4 is 6.29 Å². The molecule has 2 nitrogen and oxygen atoms in total.